The zero-order chi connectivity index (χ0) is 12.5. The van der Waals surface area contributed by atoms with Gasteiger partial charge in [-0.15, -0.1) is 14.8 Å². The van der Waals surface area contributed by atoms with Gasteiger partial charge in [0.1, 0.15) is 0 Å². The molecule has 0 bridgehead atoms. The predicted molar refractivity (Wildman–Crippen MR) is 67.5 cm³/mol. The molecule has 1 aliphatic rings. The van der Waals surface area contributed by atoms with E-state index in [0.29, 0.717) is 11.7 Å². The summed E-state index contributed by atoms with van der Waals surface area (Å²) in [6.07, 6.45) is 0. The highest BCUT2D eigenvalue weighted by molar-refractivity contribution is 5.44. The predicted octanol–water partition coefficient (Wildman–Crippen LogP) is 0.0497. The average Bonchev–Trinajstić information content (AvgIpc) is 2.86. The standard InChI is InChI=1S/C11H17N7/c1-9(2)16-5-7-17(8-6-16)11-4-3-10-12-14-15-18(10)13-11/h3-4,9H,5-8H2,1-2H3. The second-order valence-corrected chi connectivity index (χ2v) is 4.83. The van der Waals surface area contributed by atoms with Crippen molar-refractivity contribution in [3.05, 3.63) is 12.1 Å². The largest absolute Gasteiger partial charge is 0.353 e. The molecule has 1 saturated heterocycles. The highest BCUT2D eigenvalue weighted by Gasteiger charge is 2.20. The van der Waals surface area contributed by atoms with Crippen LogP contribution in [0.15, 0.2) is 12.1 Å². The van der Waals surface area contributed by atoms with Crippen LogP contribution in [0.5, 0.6) is 0 Å². The monoisotopic (exact) mass is 247 g/mol. The van der Waals surface area contributed by atoms with Crippen LogP contribution in [-0.4, -0.2) is 62.4 Å². The Morgan fingerprint density at radius 2 is 1.89 bits per heavy atom. The molecule has 18 heavy (non-hydrogen) atoms. The van der Waals surface area contributed by atoms with Crippen molar-refractivity contribution in [2.24, 2.45) is 0 Å². The number of fused-ring (bicyclic) bond motifs is 1. The van der Waals surface area contributed by atoms with Crippen molar-refractivity contribution in [1.82, 2.24) is 30.2 Å². The van der Waals surface area contributed by atoms with Crippen molar-refractivity contribution in [3.63, 3.8) is 0 Å². The molecule has 1 aliphatic heterocycles. The number of hydrogen-bond acceptors (Lipinski definition) is 6. The number of rotatable bonds is 2. The lowest BCUT2D eigenvalue weighted by Crippen LogP contribution is -2.49. The molecule has 0 saturated carbocycles. The van der Waals surface area contributed by atoms with Gasteiger partial charge in [-0.1, -0.05) is 0 Å². The first-order valence-corrected chi connectivity index (χ1v) is 6.28. The summed E-state index contributed by atoms with van der Waals surface area (Å²) in [6.45, 7) is 8.62. The molecule has 3 rings (SSSR count). The quantitative estimate of drug-likeness (QED) is 0.747. The molecule has 7 heteroatoms. The summed E-state index contributed by atoms with van der Waals surface area (Å²) in [4.78, 5) is 4.76. The summed E-state index contributed by atoms with van der Waals surface area (Å²) in [6, 6.07) is 4.50. The fourth-order valence-corrected chi connectivity index (χ4v) is 2.28. The Morgan fingerprint density at radius 1 is 1.11 bits per heavy atom. The molecular weight excluding hydrogens is 230 g/mol. The van der Waals surface area contributed by atoms with Crippen LogP contribution in [0.25, 0.3) is 5.65 Å². The van der Waals surface area contributed by atoms with E-state index in [2.05, 4.69) is 44.3 Å². The van der Waals surface area contributed by atoms with Gasteiger partial charge in [0.05, 0.1) is 0 Å². The minimum Gasteiger partial charge on any atom is -0.353 e. The summed E-state index contributed by atoms with van der Waals surface area (Å²) in [5, 5.41) is 15.7. The molecule has 0 radical (unpaired) electrons. The van der Waals surface area contributed by atoms with E-state index in [-0.39, 0.29) is 0 Å². The Hall–Kier alpha value is -1.76. The number of nitrogens with zero attached hydrogens (tertiary/aromatic N) is 7. The van der Waals surface area contributed by atoms with Gasteiger partial charge < -0.3 is 4.90 Å². The maximum Gasteiger partial charge on any atom is 0.200 e. The Bertz CT molecular complexity index is 527. The van der Waals surface area contributed by atoms with Crippen molar-refractivity contribution >= 4 is 11.5 Å². The van der Waals surface area contributed by atoms with E-state index in [0.717, 1.165) is 32.0 Å². The molecule has 3 heterocycles. The molecule has 0 spiro atoms. The third-order valence-corrected chi connectivity index (χ3v) is 3.42. The molecule has 0 N–H and O–H groups in total. The van der Waals surface area contributed by atoms with Crippen molar-refractivity contribution < 1.29 is 0 Å². The van der Waals surface area contributed by atoms with Gasteiger partial charge in [0.15, 0.2) is 11.5 Å². The van der Waals surface area contributed by atoms with E-state index in [1.54, 1.807) is 0 Å². The second-order valence-electron chi connectivity index (χ2n) is 4.83. The molecule has 2 aromatic heterocycles. The molecule has 0 unspecified atom stereocenters. The number of aromatic nitrogens is 5. The molecule has 0 aliphatic carbocycles. The number of piperazine rings is 1. The Labute approximate surface area is 105 Å². The van der Waals surface area contributed by atoms with Gasteiger partial charge >= 0.3 is 0 Å². The Kier molecular flexibility index (Phi) is 2.83. The van der Waals surface area contributed by atoms with Crippen LogP contribution >= 0.6 is 0 Å². The molecule has 0 atom stereocenters. The zero-order valence-corrected chi connectivity index (χ0v) is 10.7. The summed E-state index contributed by atoms with van der Waals surface area (Å²) in [5.74, 6) is 0.943. The first kappa shape index (κ1) is 11.3. The summed E-state index contributed by atoms with van der Waals surface area (Å²) in [7, 11) is 0. The van der Waals surface area contributed by atoms with E-state index >= 15 is 0 Å². The third-order valence-electron chi connectivity index (χ3n) is 3.42. The molecule has 2 aromatic rings. The second kappa shape index (κ2) is 4.49. The van der Waals surface area contributed by atoms with Crippen molar-refractivity contribution in [3.8, 4) is 0 Å². The van der Waals surface area contributed by atoms with Gasteiger partial charge in [-0.3, -0.25) is 4.90 Å². The van der Waals surface area contributed by atoms with Crippen LogP contribution in [0.2, 0.25) is 0 Å². The van der Waals surface area contributed by atoms with Crippen LogP contribution < -0.4 is 4.90 Å². The van der Waals surface area contributed by atoms with Crippen molar-refractivity contribution in [2.75, 3.05) is 31.1 Å². The molecule has 0 amide bonds. The third kappa shape index (κ3) is 2.01. The lowest BCUT2D eigenvalue weighted by atomic mass is 10.2. The molecule has 7 nitrogen and oxygen atoms in total. The first-order valence-electron chi connectivity index (χ1n) is 6.28. The average molecular weight is 247 g/mol. The van der Waals surface area contributed by atoms with Gasteiger partial charge in [0, 0.05) is 32.2 Å². The lowest BCUT2D eigenvalue weighted by molar-refractivity contribution is 0.209. The summed E-state index contributed by atoms with van der Waals surface area (Å²) in [5.41, 5.74) is 0.680. The SMILES string of the molecule is CC(C)N1CCN(c2ccc3nnnn3n2)CC1. The number of hydrogen-bond donors (Lipinski definition) is 0. The maximum absolute atomic E-state index is 4.42. The summed E-state index contributed by atoms with van der Waals surface area (Å²) >= 11 is 0. The van der Waals surface area contributed by atoms with Crippen molar-refractivity contribution in [1.29, 1.82) is 0 Å². The van der Waals surface area contributed by atoms with E-state index in [9.17, 15) is 0 Å². The van der Waals surface area contributed by atoms with E-state index in [1.165, 1.54) is 4.63 Å². The minimum absolute atomic E-state index is 0.613. The topological polar surface area (TPSA) is 62.5 Å². The van der Waals surface area contributed by atoms with Gasteiger partial charge in [0.2, 0.25) is 0 Å². The Balaban J connectivity index is 1.75. The van der Waals surface area contributed by atoms with E-state index < -0.39 is 0 Å². The molecule has 0 aromatic carbocycles. The Morgan fingerprint density at radius 3 is 2.61 bits per heavy atom. The molecule has 96 valence electrons. The number of anilines is 1. The normalized spacial score (nSPS) is 17.8. The van der Waals surface area contributed by atoms with Crippen LogP contribution in [0.3, 0.4) is 0 Å². The lowest BCUT2D eigenvalue weighted by Gasteiger charge is -2.37. The van der Waals surface area contributed by atoms with E-state index in [1.807, 2.05) is 12.1 Å². The van der Waals surface area contributed by atoms with Crippen molar-refractivity contribution in [2.45, 2.75) is 19.9 Å². The fourth-order valence-electron chi connectivity index (χ4n) is 2.28. The zero-order valence-electron chi connectivity index (χ0n) is 10.7. The van der Waals surface area contributed by atoms with Gasteiger partial charge in [-0.05, 0) is 36.4 Å². The van der Waals surface area contributed by atoms with Gasteiger partial charge in [-0.25, -0.2) is 0 Å². The molecule has 1 fully saturated rings. The van der Waals surface area contributed by atoms with Crippen LogP contribution in [0.1, 0.15) is 13.8 Å². The maximum atomic E-state index is 4.42. The minimum atomic E-state index is 0.613. The molecular formula is C11H17N7. The smallest absolute Gasteiger partial charge is 0.200 e. The van der Waals surface area contributed by atoms with Crippen LogP contribution in [0, 0.1) is 0 Å². The highest BCUT2D eigenvalue weighted by atomic mass is 15.6. The highest BCUT2D eigenvalue weighted by Crippen LogP contribution is 2.14. The fraction of sp³-hybridized carbons (Fsp3) is 0.636. The van der Waals surface area contributed by atoms with Crippen LogP contribution in [-0.2, 0) is 0 Å². The van der Waals surface area contributed by atoms with Crippen LogP contribution in [0.4, 0.5) is 5.82 Å². The van der Waals surface area contributed by atoms with Gasteiger partial charge in [0.25, 0.3) is 0 Å². The number of tetrazole rings is 1. The van der Waals surface area contributed by atoms with E-state index in [4.69, 9.17) is 0 Å². The van der Waals surface area contributed by atoms with Gasteiger partial charge in [-0.2, -0.15) is 0 Å². The summed E-state index contributed by atoms with van der Waals surface area (Å²) < 4.78 is 1.48. The first-order chi connectivity index (χ1) is 8.74.